The Balaban J connectivity index is 1.41. The van der Waals surface area contributed by atoms with E-state index in [-0.39, 0.29) is 11.9 Å². The lowest BCUT2D eigenvalue weighted by Gasteiger charge is -2.11. The molecule has 1 aliphatic rings. The monoisotopic (exact) mass is 456 g/mol. The number of fused-ring (bicyclic) bond motifs is 1. The van der Waals surface area contributed by atoms with Gasteiger partial charge in [-0.05, 0) is 50.3 Å². The highest BCUT2D eigenvalue weighted by atomic mass is 32.2. The number of hydrogen-bond donors (Lipinski definition) is 1. The van der Waals surface area contributed by atoms with Crippen molar-refractivity contribution < 1.29 is 14.3 Å². The number of nitrogens with one attached hydrogen (secondary N) is 1. The summed E-state index contributed by atoms with van der Waals surface area (Å²) in [5.74, 6) is 0.842. The summed E-state index contributed by atoms with van der Waals surface area (Å²) < 4.78 is 6.95. The number of hydrogen-bond acceptors (Lipinski definition) is 7. The molecule has 1 N–H and O–H groups in total. The molecule has 0 fully saturated rings. The van der Waals surface area contributed by atoms with E-state index in [9.17, 15) is 9.59 Å². The zero-order valence-electron chi connectivity index (χ0n) is 17.5. The third-order valence-corrected chi connectivity index (χ3v) is 7.32. The van der Waals surface area contributed by atoms with Gasteiger partial charge < -0.3 is 10.1 Å². The lowest BCUT2D eigenvalue weighted by atomic mass is 9.95. The zero-order valence-corrected chi connectivity index (χ0v) is 19.1. The highest BCUT2D eigenvalue weighted by Gasteiger charge is 2.26. The second-order valence-corrected chi connectivity index (χ2v) is 9.42. The Hall–Kier alpha value is -2.65. The summed E-state index contributed by atoms with van der Waals surface area (Å²) in [7, 11) is 1.38. The molecule has 31 heavy (non-hydrogen) atoms. The fourth-order valence-corrected chi connectivity index (χ4v) is 5.94. The Bertz CT molecular complexity index is 1090. The predicted octanol–water partition coefficient (Wildman–Crippen LogP) is 4.42. The van der Waals surface area contributed by atoms with Gasteiger partial charge >= 0.3 is 5.97 Å². The largest absolute Gasteiger partial charge is 0.465 e. The summed E-state index contributed by atoms with van der Waals surface area (Å²) in [6.07, 6.45) is 4.27. The van der Waals surface area contributed by atoms with Crippen LogP contribution in [0.4, 0.5) is 5.00 Å². The van der Waals surface area contributed by atoms with Crippen molar-refractivity contribution in [2.24, 2.45) is 0 Å². The number of para-hydroxylation sites is 1. The number of nitrogens with zero attached hydrogens (tertiary/aromatic N) is 3. The average molecular weight is 457 g/mol. The number of aryl methyl sites for hydroxylation is 2. The first-order chi connectivity index (χ1) is 15.1. The first-order valence-corrected chi connectivity index (χ1v) is 12.0. The number of methoxy groups -OCH3 is 1. The topological polar surface area (TPSA) is 86.1 Å². The van der Waals surface area contributed by atoms with Crippen molar-refractivity contribution in [2.45, 2.75) is 44.2 Å². The molecule has 2 aromatic heterocycles. The van der Waals surface area contributed by atoms with E-state index in [1.54, 1.807) is 0 Å². The number of anilines is 1. The first kappa shape index (κ1) is 21.6. The molecule has 0 saturated heterocycles. The molecular formula is C22H24N4O3S2. The smallest absolute Gasteiger partial charge is 0.341 e. The zero-order chi connectivity index (χ0) is 21.8. The van der Waals surface area contributed by atoms with Crippen molar-refractivity contribution in [3.63, 3.8) is 0 Å². The van der Waals surface area contributed by atoms with Crippen LogP contribution in [0.2, 0.25) is 0 Å². The van der Waals surface area contributed by atoms with Crippen LogP contribution in [0, 0.1) is 6.92 Å². The number of thioether (sulfide) groups is 1. The number of benzene rings is 1. The summed E-state index contributed by atoms with van der Waals surface area (Å²) in [5.41, 5.74) is 2.56. The van der Waals surface area contributed by atoms with Gasteiger partial charge in [-0.15, -0.1) is 21.5 Å². The predicted molar refractivity (Wildman–Crippen MR) is 122 cm³/mol. The summed E-state index contributed by atoms with van der Waals surface area (Å²) >= 11 is 2.99. The van der Waals surface area contributed by atoms with Crippen molar-refractivity contribution >= 4 is 40.0 Å². The van der Waals surface area contributed by atoms with Crippen LogP contribution in [0.25, 0.3) is 5.69 Å². The second-order valence-electron chi connectivity index (χ2n) is 7.25. The van der Waals surface area contributed by atoms with Crippen molar-refractivity contribution in [1.29, 1.82) is 0 Å². The van der Waals surface area contributed by atoms with Crippen molar-refractivity contribution in [3.05, 3.63) is 52.2 Å². The quantitative estimate of drug-likeness (QED) is 0.418. The lowest BCUT2D eigenvalue weighted by molar-refractivity contribution is -0.115. The Labute approximate surface area is 189 Å². The molecular weight excluding hydrogens is 432 g/mol. The molecule has 1 aromatic carbocycles. The van der Waals surface area contributed by atoms with Gasteiger partial charge in [-0.3, -0.25) is 9.36 Å². The maximum atomic E-state index is 12.6. The Kier molecular flexibility index (Phi) is 6.72. The minimum absolute atomic E-state index is 0.126. The Morgan fingerprint density at radius 3 is 2.74 bits per heavy atom. The van der Waals surface area contributed by atoms with Gasteiger partial charge in [-0.1, -0.05) is 30.0 Å². The maximum Gasteiger partial charge on any atom is 0.341 e. The van der Waals surface area contributed by atoms with Gasteiger partial charge in [-0.25, -0.2) is 4.79 Å². The maximum absolute atomic E-state index is 12.6. The summed E-state index contributed by atoms with van der Waals surface area (Å²) in [4.78, 5) is 26.1. The van der Waals surface area contributed by atoms with E-state index >= 15 is 0 Å². The van der Waals surface area contributed by atoms with Crippen LogP contribution in [0.5, 0.6) is 0 Å². The summed E-state index contributed by atoms with van der Waals surface area (Å²) in [6.45, 7) is 1.91. The van der Waals surface area contributed by atoms with Gasteiger partial charge in [-0.2, -0.15) is 0 Å². The molecule has 7 nitrogen and oxygen atoms in total. The molecule has 162 valence electrons. The number of carbonyl (C=O) groups is 2. The Morgan fingerprint density at radius 1 is 1.19 bits per heavy atom. The van der Waals surface area contributed by atoms with Crippen LogP contribution in [-0.2, 0) is 22.4 Å². The number of aromatic nitrogens is 3. The highest BCUT2D eigenvalue weighted by molar-refractivity contribution is 7.99. The molecule has 0 bridgehead atoms. The molecule has 0 aliphatic heterocycles. The number of carbonyl (C=O) groups excluding carboxylic acids is 2. The lowest BCUT2D eigenvalue weighted by Crippen LogP contribution is -2.15. The molecule has 2 heterocycles. The summed E-state index contributed by atoms with van der Waals surface area (Å²) in [5, 5.41) is 12.7. The fraction of sp³-hybridized carbons (Fsp3) is 0.364. The Morgan fingerprint density at radius 2 is 1.97 bits per heavy atom. The minimum Gasteiger partial charge on any atom is -0.465 e. The highest BCUT2D eigenvalue weighted by Crippen LogP contribution is 2.38. The normalized spacial score (nSPS) is 13.0. The first-order valence-electron chi connectivity index (χ1n) is 10.2. The fourth-order valence-electron chi connectivity index (χ4n) is 3.71. The van der Waals surface area contributed by atoms with Crippen LogP contribution < -0.4 is 5.32 Å². The van der Waals surface area contributed by atoms with E-state index in [2.05, 4.69) is 15.5 Å². The average Bonchev–Trinajstić information content (AvgIpc) is 3.33. The van der Waals surface area contributed by atoms with Gasteiger partial charge in [0.1, 0.15) is 10.8 Å². The molecule has 0 unspecified atom stereocenters. The van der Waals surface area contributed by atoms with Crippen LogP contribution in [0.1, 0.15) is 45.9 Å². The number of rotatable bonds is 7. The van der Waals surface area contributed by atoms with Crippen LogP contribution in [0.3, 0.4) is 0 Å². The van der Waals surface area contributed by atoms with Gasteiger partial charge in [0, 0.05) is 22.7 Å². The molecule has 1 amide bonds. The van der Waals surface area contributed by atoms with E-state index in [0.717, 1.165) is 47.9 Å². The third-order valence-electron chi connectivity index (χ3n) is 5.18. The van der Waals surface area contributed by atoms with Gasteiger partial charge in [0.2, 0.25) is 5.91 Å². The van der Waals surface area contributed by atoms with Crippen LogP contribution in [-0.4, -0.2) is 39.5 Å². The van der Waals surface area contributed by atoms with Gasteiger partial charge in [0.15, 0.2) is 5.16 Å². The van der Waals surface area contributed by atoms with Crippen LogP contribution in [0.15, 0.2) is 35.5 Å². The number of esters is 1. The van der Waals surface area contributed by atoms with E-state index in [0.29, 0.717) is 22.7 Å². The van der Waals surface area contributed by atoms with E-state index in [1.165, 1.54) is 35.1 Å². The summed E-state index contributed by atoms with van der Waals surface area (Å²) in [6, 6.07) is 9.90. The van der Waals surface area contributed by atoms with Crippen LogP contribution >= 0.6 is 23.1 Å². The van der Waals surface area contributed by atoms with Gasteiger partial charge in [0.25, 0.3) is 0 Å². The number of amides is 1. The molecule has 0 spiro atoms. The van der Waals surface area contributed by atoms with Crippen molar-refractivity contribution in [3.8, 4) is 5.69 Å². The van der Waals surface area contributed by atoms with E-state index in [4.69, 9.17) is 4.74 Å². The molecule has 4 rings (SSSR count). The standard InChI is InChI=1S/C22H24N4O3S2/c1-14-24-25-22(26(14)15-8-4-3-5-9-15)30-13-12-18(27)23-20-19(21(28)29-2)16-10-6-7-11-17(16)31-20/h3-5,8-9H,6-7,10-13H2,1-2H3,(H,23,27). The number of ether oxygens (including phenoxy) is 1. The molecule has 0 radical (unpaired) electrons. The van der Waals surface area contributed by atoms with Gasteiger partial charge in [0.05, 0.1) is 12.7 Å². The number of thiophene rings is 1. The molecule has 0 atom stereocenters. The minimum atomic E-state index is -0.379. The molecule has 3 aromatic rings. The third kappa shape index (κ3) is 4.67. The van der Waals surface area contributed by atoms with Crippen molar-refractivity contribution in [2.75, 3.05) is 18.2 Å². The van der Waals surface area contributed by atoms with E-state index < -0.39 is 0 Å². The SMILES string of the molecule is COC(=O)c1c(NC(=O)CCSc2nnc(C)n2-c2ccccc2)sc2c1CCCC2. The molecule has 0 saturated carbocycles. The second kappa shape index (κ2) is 9.65. The van der Waals surface area contributed by atoms with E-state index in [1.807, 2.05) is 41.8 Å². The van der Waals surface area contributed by atoms with Crippen molar-refractivity contribution in [1.82, 2.24) is 14.8 Å². The molecule has 9 heteroatoms. The molecule has 1 aliphatic carbocycles.